The van der Waals surface area contributed by atoms with Crippen LogP contribution in [0.2, 0.25) is 0 Å². The van der Waals surface area contributed by atoms with E-state index in [2.05, 4.69) is 0 Å². The van der Waals surface area contributed by atoms with Crippen molar-refractivity contribution in [3.63, 3.8) is 0 Å². The highest BCUT2D eigenvalue weighted by Crippen LogP contribution is 2.23. The van der Waals surface area contributed by atoms with Gasteiger partial charge < -0.3 is 19.7 Å². The minimum Gasteiger partial charge on any atom is -0.496 e. The van der Waals surface area contributed by atoms with Crippen molar-refractivity contribution in [2.24, 2.45) is 0 Å². The second-order valence-electron chi connectivity index (χ2n) is 6.86. The van der Waals surface area contributed by atoms with Crippen molar-refractivity contribution >= 4 is 36.2 Å². The van der Waals surface area contributed by atoms with E-state index in [0.29, 0.717) is 11.5 Å². The van der Waals surface area contributed by atoms with Gasteiger partial charge in [0.1, 0.15) is 22.6 Å². The van der Waals surface area contributed by atoms with Gasteiger partial charge in [0.25, 0.3) is 0 Å². The molecule has 0 aromatic heterocycles. The molecular weight excluding hydrogens is 408 g/mol. The number of ether oxygens (including phenoxy) is 2. The van der Waals surface area contributed by atoms with Crippen LogP contribution in [0.25, 0.3) is 24.3 Å². The van der Waals surface area contributed by atoms with Crippen molar-refractivity contribution < 1.29 is 29.3 Å². The molecule has 162 valence electrons. The summed E-state index contributed by atoms with van der Waals surface area (Å²) in [6, 6.07) is 17.7. The van der Waals surface area contributed by atoms with E-state index in [1.54, 1.807) is 36.4 Å². The molecule has 3 rings (SSSR count). The average molecular weight is 430 g/mol. The fourth-order valence-corrected chi connectivity index (χ4v) is 3.10. The molecule has 0 aliphatic carbocycles. The van der Waals surface area contributed by atoms with Crippen LogP contribution in [0.3, 0.4) is 0 Å². The highest BCUT2D eigenvalue weighted by atomic mass is 16.5. The van der Waals surface area contributed by atoms with E-state index in [4.69, 9.17) is 9.47 Å². The number of hydrogen-bond acceptors (Lipinski definition) is 4. The zero-order chi connectivity index (χ0) is 23.1. The van der Waals surface area contributed by atoms with Crippen LogP contribution >= 0.6 is 0 Å². The Kier molecular flexibility index (Phi) is 7.08. The van der Waals surface area contributed by atoms with E-state index in [9.17, 15) is 19.8 Å². The number of aromatic carboxylic acids is 2. The Hall–Kier alpha value is -4.32. The topological polar surface area (TPSA) is 93.1 Å². The molecule has 3 aromatic rings. The molecule has 0 radical (unpaired) electrons. The highest BCUT2D eigenvalue weighted by Gasteiger charge is 2.11. The fraction of sp³-hybridized carbons (Fsp3) is 0.0769. The number of carboxylic acid groups (broad SMARTS) is 2. The van der Waals surface area contributed by atoms with Gasteiger partial charge >= 0.3 is 11.9 Å². The maximum Gasteiger partial charge on any atom is 0.339 e. The standard InChI is InChI=1S/C26H22O6/c1-31-23-13-11-19(15-21(23)25(27)28)9-7-17-3-5-18(6-4-17)8-10-20-12-14-24(32-2)22(16-20)26(29)30/h3-16H,1-2H3,(H,27,28)(H,29,30)/b9-7+,10-8+. The first-order valence-electron chi connectivity index (χ1n) is 9.70. The summed E-state index contributed by atoms with van der Waals surface area (Å²) in [6.45, 7) is 0. The molecule has 0 amide bonds. The molecule has 0 heterocycles. The summed E-state index contributed by atoms with van der Waals surface area (Å²) in [5, 5.41) is 18.6. The van der Waals surface area contributed by atoms with Gasteiger partial charge in [0.05, 0.1) is 14.2 Å². The minimum atomic E-state index is -1.04. The Labute approximate surface area is 185 Å². The van der Waals surface area contributed by atoms with Crippen molar-refractivity contribution in [1.29, 1.82) is 0 Å². The maximum atomic E-state index is 11.3. The van der Waals surface area contributed by atoms with Crippen LogP contribution in [0.4, 0.5) is 0 Å². The number of carbonyl (C=O) groups is 2. The lowest BCUT2D eigenvalue weighted by Crippen LogP contribution is -2.00. The fourth-order valence-electron chi connectivity index (χ4n) is 3.10. The quantitative estimate of drug-likeness (QED) is 0.462. The van der Waals surface area contributed by atoms with Crippen molar-refractivity contribution in [3.8, 4) is 11.5 Å². The average Bonchev–Trinajstić information content (AvgIpc) is 2.81. The van der Waals surface area contributed by atoms with Crippen molar-refractivity contribution in [3.05, 3.63) is 94.0 Å². The first-order valence-corrected chi connectivity index (χ1v) is 9.70. The number of methoxy groups -OCH3 is 2. The van der Waals surface area contributed by atoms with Gasteiger partial charge in [0, 0.05) is 0 Å². The summed E-state index contributed by atoms with van der Waals surface area (Å²) in [7, 11) is 2.87. The van der Waals surface area contributed by atoms with Crippen molar-refractivity contribution in [1.82, 2.24) is 0 Å². The molecule has 0 saturated carbocycles. The van der Waals surface area contributed by atoms with Gasteiger partial charge in [0.15, 0.2) is 0 Å². The predicted molar refractivity (Wildman–Crippen MR) is 124 cm³/mol. The Balaban J connectivity index is 1.73. The Morgan fingerprint density at radius 2 is 0.906 bits per heavy atom. The number of carboxylic acids is 2. The second-order valence-corrected chi connectivity index (χ2v) is 6.86. The van der Waals surface area contributed by atoms with Gasteiger partial charge in [-0.3, -0.25) is 0 Å². The SMILES string of the molecule is COc1ccc(/C=C/c2ccc(/C=C/c3ccc(OC)c(C(=O)O)c3)cc2)cc1C(=O)O. The molecule has 6 heteroatoms. The Morgan fingerprint density at radius 3 is 1.22 bits per heavy atom. The molecule has 0 atom stereocenters. The summed E-state index contributed by atoms with van der Waals surface area (Å²) in [6.07, 6.45) is 7.45. The van der Waals surface area contributed by atoms with Gasteiger partial charge in [-0.25, -0.2) is 9.59 Å². The third kappa shape index (κ3) is 5.43. The van der Waals surface area contributed by atoms with Crippen LogP contribution in [0.5, 0.6) is 11.5 Å². The third-order valence-corrected chi connectivity index (χ3v) is 4.78. The lowest BCUT2D eigenvalue weighted by molar-refractivity contribution is 0.0682. The second kappa shape index (κ2) is 10.1. The monoisotopic (exact) mass is 430 g/mol. The summed E-state index contributed by atoms with van der Waals surface area (Å²) in [5.74, 6) is -1.45. The molecular formula is C26H22O6. The predicted octanol–water partition coefficient (Wildman–Crippen LogP) is 5.44. The molecule has 2 N–H and O–H groups in total. The van der Waals surface area contributed by atoms with Crippen molar-refractivity contribution in [2.75, 3.05) is 14.2 Å². The molecule has 3 aromatic carbocycles. The van der Waals surface area contributed by atoms with Gasteiger partial charge in [-0.2, -0.15) is 0 Å². The molecule has 0 aliphatic rings. The molecule has 6 nitrogen and oxygen atoms in total. The smallest absolute Gasteiger partial charge is 0.339 e. The lowest BCUT2D eigenvalue weighted by Gasteiger charge is -2.05. The zero-order valence-corrected chi connectivity index (χ0v) is 17.6. The van der Waals surface area contributed by atoms with E-state index < -0.39 is 11.9 Å². The minimum absolute atomic E-state index is 0.111. The van der Waals surface area contributed by atoms with Crippen LogP contribution < -0.4 is 9.47 Å². The first kappa shape index (κ1) is 22.4. The van der Waals surface area contributed by atoms with E-state index in [1.165, 1.54) is 14.2 Å². The summed E-state index contributed by atoms with van der Waals surface area (Å²) in [5.41, 5.74) is 3.63. The van der Waals surface area contributed by atoms with Crippen LogP contribution in [0, 0.1) is 0 Å². The molecule has 0 spiro atoms. The normalized spacial score (nSPS) is 11.1. The summed E-state index contributed by atoms with van der Waals surface area (Å²) in [4.78, 5) is 22.7. The van der Waals surface area contributed by atoms with Crippen LogP contribution in [0.15, 0.2) is 60.7 Å². The van der Waals surface area contributed by atoms with Gasteiger partial charge in [-0.05, 0) is 46.5 Å². The molecule has 32 heavy (non-hydrogen) atoms. The van der Waals surface area contributed by atoms with E-state index in [0.717, 1.165) is 22.3 Å². The Bertz CT molecular complexity index is 1090. The summed E-state index contributed by atoms with van der Waals surface area (Å²) < 4.78 is 10.2. The molecule has 0 aliphatic heterocycles. The largest absolute Gasteiger partial charge is 0.496 e. The number of rotatable bonds is 8. The van der Waals surface area contributed by atoms with Crippen molar-refractivity contribution in [2.45, 2.75) is 0 Å². The van der Waals surface area contributed by atoms with Gasteiger partial charge in [0.2, 0.25) is 0 Å². The van der Waals surface area contributed by atoms with E-state index in [-0.39, 0.29) is 11.1 Å². The van der Waals surface area contributed by atoms with E-state index >= 15 is 0 Å². The van der Waals surface area contributed by atoms with Crippen LogP contribution in [-0.4, -0.2) is 36.4 Å². The molecule has 0 unspecified atom stereocenters. The number of benzene rings is 3. The highest BCUT2D eigenvalue weighted by molar-refractivity contribution is 5.92. The lowest BCUT2D eigenvalue weighted by atomic mass is 10.1. The van der Waals surface area contributed by atoms with Crippen LogP contribution in [-0.2, 0) is 0 Å². The summed E-state index contributed by atoms with van der Waals surface area (Å²) >= 11 is 0. The zero-order valence-electron chi connectivity index (χ0n) is 17.6. The maximum absolute atomic E-state index is 11.3. The van der Waals surface area contributed by atoms with E-state index in [1.807, 2.05) is 48.6 Å². The van der Waals surface area contributed by atoms with Crippen LogP contribution in [0.1, 0.15) is 43.0 Å². The molecule has 0 bridgehead atoms. The molecule has 0 fully saturated rings. The van der Waals surface area contributed by atoms with Gasteiger partial charge in [-0.15, -0.1) is 0 Å². The first-order chi connectivity index (χ1) is 15.4. The third-order valence-electron chi connectivity index (χ3n) is 4.78. The molecule has 0 saturated heterocycles. The Morgan fingerprint density at radius 1 is 0.594 bits per heavy atom. The number of hydrogen-bond donors (Lipinski definition) is 2. The van der Waals surface area contributed by atoms with Gasteiger partial charge in [-0.1, -0.05) is 60.7 Å².